The number of halogens is 2. The van der Waals surface area contributed by atoms with Gasteiger partial charge in [0.2, 0.25) is 5.91 Å². The van der Waals surface area contributed by atoms with Crippen LogP contribution in [0.15, 0.2) is 66.7 Å². The van der Waals surface area contributed by atoms with Crippen molar-refractivity contribution in [1.29, 1.82) is 0 Å². The monoisotopic (exact) mass is 520 g/mol. The fourth-order valence-electron chi connectivity index (χ4n) is 4.10. The van der Waals surface area contributed by atoms with E-state index in [0.717, 1.165) is 5.39 Å². The lowest BCUT2D eigenvalue weighted by molar-refractivity contribution is -0.120. The Kier molecular flexibility index (Phi) is 7.89. The highest BCUT2D eigenvalue weighted by Crippen LogP contribution is 2.30. The Morgan fingerprint density at radius 1 is 0.919 bits per heavy atom. The summed E-state index contributed by atoms with van der Waals surface area (Å²) in [5, 5.41) is 6.74. The van der Waals surface area contributed by atoms with E-state index >= 15 is 0 Å². The van der Waals surface area contributed by atoms with Crippen molar-refractivity contribution in [3.63, 3.8) is 0 Å². The van der Waals surface area contributed by atoms with Gasteiger partial charge in [-0.15, -0.1) is 0 Å². The Morgan fingerprint density at radius 3 is 2.24 bits per heavy atom. The van der Waals surface area contributed by atoms with Gasteiger partial charge in [-0.2, -0.15) is 0 Å². The molecule has 0 fully saturated rings. The predicted molar refractivity (Wildman–Crippen MR) is 140 cm³/mol. The molecule has 0 spiro atoms. The van der Waals surface area contributed by atoms with Gasteiger partial charge in [-0.1, -0.05) is 11.6 Å². The zero-order chi connectivity index (χ0) is 26.5. The molecule has 1 aromatic heterocycles. The van der Waals surface area contributed by atoms with E-state index in [9.17, 15) is 18.8 Å². The summed E-state index contributed by atoms with van der Waals surface area (Å²) in [6, 6.07) is 17.2. The molecule has 2 amide bonds. The molecule has 0 aliphatic carbocycles. The highest BCUT2D eigenvalue weighted by molar-refractivity contribution is 6.30. The topological polar surface area (TPSA) is 89.4 Å². The van der Waals surface area contributed by atoms with Crippen LogP contribution in [-0.4, -0.2) is 42.5 Å². The Balaban J connectivity index is 1.49. The van der Waals surface area contributed by atoms with E-state index in [2.05, 4.69) is 10.6 Å². The molecule has 0 saturated carbocycles. The molecular formula is C28H25ClFN3O4. The second-order valence-electron chi connectivity index (χ2n) is 8.38. The fourth-order valence-corrected chi connectivity index (χ4v) is 4.23. The molecule has 9 heteroatoms. The number of amides is 2. The summed E-state index contributed by atoms with van der Waals surface area (Å²) >= 11 is 5.98. The van der Waals surface area contributed by atoms with Crippen LogP contribution in [0.5, 0.6) is 5.75 Å². The molecule has 0 saturated heterocycles. The van der Waals surface area contributed by atoms with Gasteiger partial charge in [0.25, 0.3) is 11.8 Å². The van der Waals surface area contributed by atoms with Crippen molar-refractivity contribution in [1.82, 2.24) is 15.2 Å². The van der Waals surface area contributed by atoms with Crippen molar-refractivity contribution in [3.8, 4) is 5.75 Å². The van der Waals surface area contributed by atoms with Crippen LogP contribution < -0.4 is 15.4 Å². The summed E-state index contributed by atoms with van der Waals surface area (Å²) in [5.41, 5.74) is 2.79. The van der Waals surface area contributed by atoms with Gasteiger partial charge in [0.05, 0.1) is 19.0 Å². The van der Waals surface area contributed by atoms with E-state index in [1.807, 2.05) is 0 Å². The van der Waals surface area contributed by atoms with Crippen molar-refractivity contribution >= 4 is 40.2 Å². The second kappa shape index (κ2) is 11.3. The predicted octanol–water partition coefficient (Wildman–Crippen LogP) is 4.53. The SMILES string of the molecule is COc1ccc2c(c1)c(CC(=O)NCCNC(=O)c1ccc([18F])cc1)c(C)n2C(=O)c1ccc(Cl)cc1. The molecular weight excluding hydrogens is 496 g/mol. The first-order valence-corrected chi connectivity index (χ1v) is 11.9. The number of benzene rings is 3. The zero-order valence-electron chi connectivity index (χ0n) is 20.3. The van der Waals surface area contributed by atoms with Gasteiger partial charge in [-0.05, 0) is 79.2 Å². The lowest BCUT2D eigenvalue weighted by Crippen LogP contribution is -2.35. The number of methoxy groups -OCH3 is 1. The second-order valence-corrected chi connectivity index (χ2v) is 8.82. The largest absolute Gasteiger partial charge is 0.497 e. The number of fused-ring (bicyclic) bond motifs is 1. The minimum atomic E-state index is -0.423. The smallest absolute Gasteiger partial charge is 0.262 e. The number of hydrogen-bond donors (Lipinski definition) is 2. The van der Waals surface area contributed by atoms with E-state index < -0.39 is 5.82 Å². The maximum atomic E-state index is 13.4. The van der Waals surface area contributed by atoms with Crippen LogP contribution in [0.2, 0.25) is 5.02 Å². The first kappa shape index (κ1) is 25.9. The van der Waals surface area contributed by atoms with E-state index in [-0.39, 0.29) is 37.2 Å². The van der Waals surface area contributed by atoms with E-state index in [0.29, 0.717) is 38.7 Å². The number of ether oxygens (including phenoxy) is 1. The molecule has 1 heterocycles. The van der Waals surface area contributed by atoms with Crippen molar-refractivity contribution < 1.29 is 23.5 Å². The highest BCUT2D eigenvalue weighted by atomic mass is 35.5. The lowest BCUT2D eigenvalue weighted by Gasteiger charge is -2.09. The zero-order valence-corrected chi connectivity index (χ0v) is 21.1. The molecule has 4 rings (SSSR count). The number of carbonyl (C=O) groups is 3. The Labute approximate surface area is 218 Å². The fraction of sp³-hybridized carbons (Fsp3) is 0.179. The molecule has 3 aromatic carbocycles. The average Bonchev–Trinajstić information content (AvgIpc) is 3.17. The molecule has 0 aliphatic rings. The van der Waals surface area contributed by atoms with E-state index in [4.69, 9.17) is 16.3 Å². The van der Waals surface area contributed by atoms with Gasteiger partial charge >= 0.3 is 0 Å². The van der Waals surface area contributed by atoms with Crippen LogP contribution >= 0.6 is 11.6 Å². The van der Waals surface area contributed by atoms with Gasteiger partial charge in [0.15, 0.2) is 0 Å². The molecule has 0 aliphatic heterocycles. The third kappa shape index (κ3) is 5.81. The van der Waals surface area contributed by atoms with Crippen molar-refractivity contribution in [2.45, 2.75) is 13.3 Å². The number of carbonyl (C=O) groups excluding carboxylic acids is 3. The standard InChI is InChI=1S/C28H25ClFN3O4/c1-17-23(16-26(34)31-13-14-32-27(35)18-5-9-21(30)10-6-18)24-15-22(37-2)11-12-25(24)33(17)28(36)19-3-7-20(29)8-4-19/h3-12,15H,13-14,16H2,1-2H3,(H,31,34)(H,32,35)/i30-1. The van der Waals surface area contributed by atoms with Crippen molar-refractivity contribution in [2.24, 2.45) is 0 Å². The first-order valence-electron chi connectivity index (χ1n) is 11.6. The molecule has 37 heavy (non-hydrogen) atoms. The molecule has 190 valence electrons. The molecule has 0 atom stereocenters. The van der Waals surface area contributed by atoms with Gasteiger partial charge in [0.1, 0.15) is 11.6 Å². The molecule has 7 nitrogen and oxygen atoms in total. The van der Waals surface area contributed by atoms with Gasteiger partial charge in [-0.25, -0.2) is 4.39 Å². The van der Waals surface area contributed by atoms with Crippen LogP contribution in [0, 0.1) is 12.7 Å². The third-order valence-corrected chi connectivity index (χ3v) is 6.26. The van der Waals surface area contributed by atoms with Crippen LogP contribution in [-0.2, 0) is 11.2 Å². The number of aromatic nitrogens is 1. The van der Waals surface area contributed by atoms with Crippen LogP contribution in [0.1, 0.15) is 32.0 Å². The first-order chi connectivity index (χ1) is 17.8. The maximum absolute atomic E-state index is 13.4. The van der Waals surface area contributed by atoms with Crippen LogP contribution in [0.25, 0.3) is 10.9 Å². The molecule has 2 N–H and O–H groups in total. The normalized spacial score (nSPS) is 10.8. The quantitative estimate of drug-likeness (QED) is 0.334. The maximum Gasteiger partial charge on any atom is 0.262 e. The van der Waals surface area contributed by atoms with Gasteiger partial charge < -0.3 is 15.4 Å². The Hall–Kier alpha value is -4.17. The van der Waals surface area contributed by atoms with Crippen LogP contribution in [0.3, 0.4) is 0 Å². The summed E-state index contributed by atoms with van der Waals surface area (Å²) in [4.78, 5) is 38.3. The Morgan fingerprint density at radius 2 is 1.57 bits per heavy atom. The van der Waals surface area contributed by atoms with E-state index in [1.165, 1.54) is 24.3 Å². The molecule has 0 radical (unpaired) electrons. The molecule has 0 bridgehead atoms. The summed E-state index contributed by atoms with van der Waals surface area (Å²) in [6.07, 6.45) is 0.0301. The Bertz CT molecular complexity index is 1460. The summed E-state index contributed by atoms with van der Waals surface area (Å²) in [5.74, 6) is -0.679. The number of rotatable bonds is 8. The summed E-state index contributed by atoms with van der Waals surface area (Å²) in [7, 11) is 1.55. The summed E-state index contributed by atoms with van der Waals surface area (Å²) < 4.78 is 20.0. The number of nitrogens with zero attached hydrogens (tertiary/aromatic N) is 1. The minimum absolute atomic E-state index is 0.0301. The van der Waals surface area contributed by atoms with E-state index in [1.54, 1.807) is 61.1 Å². The average molecular weight is 521 g/mol. The third-order valence-electron chi connectivity index (χ3n) is 6.01. The minimum Gasteiger partial charge on any atom is -0.497 e. The van der Waals surface area contributed by atoms with Crippen molar-refractivity contribution in [2.75, 3.05) is 20.2 Å². The van der Waals surface area contributed by atoms with Crippen molar-refractivity contribution in [3.05, 3.63) is 100.0 Å². The van der Waals surface area contributed by atoms with Gasteiger partial charge in [0, 0.05) is 40.3 Å². The summed E-state index contributed by atoms with van der Waals surface area (Å²) in [6.45, 7) is 2.20. The lowest BCUT2D eigenvalue weighted by atomic mass is 10.1. The van der Waals surface area contributed by atoms with Gasteiger partial charge in [-0.3, -0.25) is 19.0 Å². The molecule has 4 aromatic rings. The number of nitrogens with one attached hydrogen (secondary N) is 2. The van der Waals surface area contributed by atoms with Crippen LogP contribution in [0.4, 0.5) is 4.39 Å². The molecule has 0 unspecified atom stereocenters. The highest BCUT2D eigenvalue weighted by Gasteiger charge is 2.22. The number of hydrogen-bond acceptors (Lipinski definition) is 4.